The molecule has 0 aromatic carbocycles. The maximum Gasteiger partial charge on any atom is 0.227 e. The Morgan fingerprint density at radius 2 is 2.38 bits per heavy atom. The number of Topliss-reactive ketones (excluding diaryl/α,β-unsaturated/α-hetero) is 1. The van der Waals surface area contributed by atoms with E-state index < -0.39 is 0 Å². The summed E-state index contributed by atoms with van der Waals surface area (Å²) in [6, 6.07) is 0. The van der Waals surface area contributed by atoms with Gasteiger partial charge in [-0.25, -0.2) is 4.98 Å². The Balaban J connectivity index is 2.27. The van der Waals surface area contributed by atoms with Crippen molar-refractivity contribution in [2.75, 3.05) is 0 Å². The van der Waals surface area contributed by atoms with Crippen molar-refractivity contribution in [3.63, 3.8) is 0 Å². The fourth-order valence-electron chi connectivity index (χ4n) is 0.803. The molecule has 1 aromatic heterocycles. The van der Waals surface area contributed by atoms with Gasteiger partial charge in [0.1, 0.15) is 10.8 Å². The van der Waals surface area contributed by atoms with Crippen molar-refractivity contribution >= 4 is 23.0 Å². The Morgan fingerprint density at radius 3 is 2.92 bits per heavy atom. The third-order valence-electron chi connectivity index (χ3n) is 1.33. The minimum absolute atomic E-state index is 0.0502. The number of hydrogen-bond donors (Lipinski definition) is 1. The summed E-state index contributed by atoms with van der Waals surface area (Å²) in [4.78, 5) is 25.5. The summed E-state index contributed by atoms with van der Waals surface area (Å²) in [5, 5.41) is 5.29. The van der Waals surface area contributed by atoms with Crippen LogP contribution in [0.2, 0.25) is 0 Å². The second-order valence-electron chi connectivity index (χ2n) is 2.58. The number of ketones is 1. The topological polar surface area (TPSA) is 59.1 Å². The molecule has 0 aliphatic rings. The number of carbonyl (C=O) groups is 2. The van der Waals surface area contributed by atoms with Gasteiger partial charge in [0, 0.05) is 11.6 Å². The predicted molar refractivity (Wildman–Crippen MR) is 49.3 cm³/mol. The molecule has 13 heavy (non-hydrogen) atoms. The molecule has 4 nitrogen and oxygen atoms in total. The standard InChI is InChI=1S/C8H10N2O2S/c1-6(11)4-7(12)10-5-8-9-2-3-13-8/h2-3H,4-5H2,1H3,(H,10,12). The summed E-state index contributed by atoms with van der Waals surface area (Å²) in [5.74, 6) is -0.376. The predicted octanol–water partition coefficient (Wildman–Crippen LogP) is 0.738. The highest BCUT2D eigenvalue weighted by atomic mass is 32.1. The van der Waals surface area contributed by atoms with Crippen LogP contribution in [0.1, 0.15) is 18.4 Å². The van der Waals surface area contributed by atoms with Gasteiger partial charge < -0.3 is 5.32 Å². The zero-order valence-corrected chi connectivity index (χ0v) is 8.06. The Bertz CT molecular complexity index is 295. The first-order chi connectivity index (χ1) is 6.18. The summed E-state index contributed by atoms with van der Waals surface area (Å²) in [6.07, 6.45) is 1.63. The van der Waals surface area contributed by atoms with Crippen LogP contribution in [0.4, 0.5) is 0 Å². The van der Waals surface area contributed by atoms with E-state index in [0.29, 0.717) is 6.54 Å². The third kappa shape index (κ3) is 3.80. The molecular formula is C8H10N2O2S. The summed E-state index contributed by atoms with van der Waals surface area (Å²) >= 11 is 1.47. The van der Waals surface area contributed by atoms with Gasteiger partial charge in [0.15, 0.2) is 0 Å². The molecule has 1 heterocycles. The Morgan fingerprint density at radius 1 is 1.62 bits per heavy atom. The highest BCUT2D eigenvalue weighted by molar-refractivity contribution is 7.09. The number of amides is 1. The molecule has 1 rings (SSSR count). The van der Waals surface area contributed by atoms with Gasteiger partial charge in [-0.2, -0.15) is 0 Å². The Hall–Kier alpha value is -1.23. The van der Waals surface area contributed by atoms with Gasteiger partial charge in [0.05, 0.1) is 13.0 Å². The molecule has 0 radical (unpaired) electrons. The second-order valence-corrected chi connectivity index (χ2v) is 3.56. The van der Waals surface area contributed by atoms with Crippen molar-refractivity contribution in [3.8, 4) is 0 Å². The van der Waals surface area contributed by atoms with Crippen molar-refractivity contribution in [1.29, 1.82) is 0 Å². The smallest absolute Gasteiger partial charge is 0.227 e. The Labute approximate surface area is 80.0 Å². The van der Waals surface area contributed by atoms with Crippen molar-refractivity contribution < 1.29 is 9.59 Å². The average Bonchev–Trinajstić information content (AvgIpc) is 2.51. The van der Waals surface area contributed by atoms with Crippen LogP contribution in [0.3, 0.4) is 0 Å². The molecule has 0 fully saturated rings. The van der Waals surface area contributed by atoms with Crippen molar-refractivity contribution in [2.24, 2.45) is 0 Å². The second kappa shape index (κ2) is 4.71. The van der Waals surface area contributed by atoms with Crippen molar-refractivity contribution in [1.82, 2.24) is 10.3 Å². The van der Waals surface area contributed by atoms with E-state index in [1.54, 1.807) is 6.20 Å². The van der Waals surface area contributed by atoms with E-state index in [1.165, 1.54) is 18.3 Å². The van der Waals surface area contributed by atoms with Gasteiger partial charge in [0.2, 0.25) is 5.91 Å². The van der Waals surface area contributed by atoms with Crippen LogP contribution in [-0.2, 0) is 16.1 Å². The quantitative estimate of drug-likeness (QED) is 0.726. The van der Waals surface area contributed by atoms with Crippen LogP contribution in [0.15, 0.2) is 11.6 Å². The van der Waals surface area contributed by atoms with E-state index in [9.17, 15) is 9.59 Å². The van der Waals surface area contributed by atoms with Gasteiger partial charge in [-0.15, -0.1) is 11.3 Å². The molecule has 0 saturated heterocycles. The normalized spacial score (nSPS) is 9.62. The summed E-state index contributed by atoms with van der Waals surface area (Å²) in [7, 11) is 0. The number of hydrogen-bond acceptors (Lipinski definition) is 4. The van der Waals surface area contributed by atoms with Crippen LogP contribution in [0, 0.1) is 0 Å². The largest absolute Gasteiger partial charge is 0.349 e. The molecule has 5 heteroatoms. The molecule has 1 N–H and O–H groups in total. The molecule has 0 bridgehead atoms. The zero-order chi connectivity index (χ0) is 9.68. The molecule has 0 saturated carbocycles. The van der Waals surface area contributed by atoms with Crippen LogP contribution >= 0.6 is 11.3 Å². The van der Waals surface area contributed by atoms with Crippen LogP contribution in [0.25, 0.3) is 0 Å². The first kappa shape index (κ1) is 9.85. The van der Waals surface area contributed by atoms with E-state index in [2.05, 4.69) is 10.3 Å². The fourth-order valence-corrected chi connectivity index (χ4v) is 1.36. The maximum atomic E-state index is 11.0. The zero-order valence-electron chi connectivity index (χ0n) is 7.24. The van der Waals surface area contributed by atoms with E-state index in [1.807, 2.05) is 5.38 Å². The monoisotopic (exact) mass is 198 g/mol. The van der Waals surface area contributed by atoms with Gasteiger partial charge in [-0.1, -0.05) is 0 Å². The Kier molecular flexibility index (Phi) is 3.57. The van der Waals surface area contributed by atoms with Gasteiger partial charge in [-0.3, -0.25) is 9.59 Å². The molecule has 0 spiro atoms. The number of nitrogens with zero attached hydrogens (tertiary/aromatic N) is 1. The van der Waals surface area contributed by atoms with E-state index >= 15 is 0 Å². The lowest BCUT2D eigenvalue weighted by atomic mass is 10.3. The molecule has 0 atom stereocenters. The minimum Gasteiger partial charge on any atom is -0.349 e. The molecule has 0 aliphatic heterocycles. The van der Waals surface area contributed by atoms with Gasteiger partial charge in [0.25, 0.3) is 0 Å². The maximum absolute atomic E-state index is 11.0. The first-order valence-electron chi connectivity index (χ1n) is 3.83. The average molecular weight is 198 g/mol. The first-order valence-corrected chi connectivity index (χ1v) is 4.71. The highest BCUT2D eigenvalue weighted by Crippen LogP contribution is 2.02. The van der Waals surface area contributed by atoms with Crippen molar-refractivity contribution in [3.05, 3.63) is 16.6 Å². The van der Waals surface area contributed by atoms with Crippen LogP contribution < -0.4 is 5.32 Å². The molecule has 1 aromatic rings. The SMILES string of the molecule is CC(=O)CC(=O)NCc1nccs1. The van der Waals surface area contributed by atoms with Gasteiger partial charge in [-0.05, 0) is 6.92 Å². The van der Waals surface area contributed by atoms with Crippen LogP contribution in [-0.4, -0.2) is 16.7 Å². The fraction of sp³-hybridized carbons (Fsp3) is 0.375. The summed E-state index contributed by atoms with van der Waals surface area (Å²) < 4.78 is 0. The highest BCUT2D eigenvalue weighted by Gasteiger charge is 2.04. The summed E-state index contributed by atoms with van der Waals surface area (Å²) in [6.45, 7) is 1.80. The lowest BCUT2D eigenvalue weighted by Gasteiger charge is -1.99. The number of nitrogens with one attached hydrogen (secondary N) is 1. The van der Waals surface area contributed by atoms with E-state index in [-0.39, 0.29) is 18.1 Å². The third-order valence-corrected chi connectivity index (χ3v) is 2.11. The number of aromatic nitrogens is 1. The summed E-state index contributed by atoms with van der Waals surface area (Å²) in [5.41, 5.74) is 0. The van der Waals surface area contributed by atoms with Gasteiger partial charge >= 0.3 is 0 Å². The molecule has 0 unspecified atom stereocenters. The molecule has 1 amide bonds. The van der Waals surface area contributed by atoms with E-state index in [4.69, 9.17) is 0 Å². The van der Waals surface area contributed by atoms with Crippen LogP contribution in [0.5, 0.6) is 0 Å². The minimum atomic E-state index is -0.247. The number of thiazole rings is 1. The lowest BCUT2D eigenvalue weighted by molar-refractivity contribution is -0.127. The van der Waals surface area contributed by atoms with E-state index in [0.717, 1.165) is 5.01 Å². The number of carbonyl (C=O) groups excluding carboxylic acids is 2. The molecule has 0 aliphatic carbocycles. The molecule has 70 valence electrons. The molecular weight excluding hydrogens is 188 g/mol. The lowest BCUT2D eigenvalue weighted by Crippen LogP contribution is -2.24. The number of rotatable bonds is 4. The van der Waals surface area contributed by atoms with Crippen molar-refractivity contribution in [2.45, 2.75) is 19.9 Å².